The van der Waals surface area contributed by atoms with Crippen LogP contribution in [0.5, 0.6) is 0 Å². The Bertz CT molecular complexity index is 622. The summed E-state index contributed by atoms with van der Waals surface area (Å²) in [4.78, 5) is 9.35. The second-order valence-corrected chi connectivity index (χ2v) is 6.70. The number of benzene rings is 1. The molecule has 0 atom stereocenters. The van der Waals surface area contributed by atoms with Gasteiger partial charge in [-0.1, -0.05) is 51.1 Å². The number of anilines is 1. The second kappa shape index (κ2) is 4.30. The fraction of sp³-hybridized carbons (Fsp3) is 0.412. The number of nitrogen functional groups attached to an aromatic ring is 1. The average Bonchev–Trinajstić information content (AvgIpc) is 3.19. The zero-order chi connectivity index (χ0) is 14.4. The average molecular weight is 267 g/mol. The second-order valence-electron chi connectivity index (χ2n) is 6.70. The molecule has 1 aliphatic carbocycles. The monoisotopic (exact) mass is 267 g/mol. The third kappa shape index (κ3) is 2.17. The van der Waals surface area contributed by atoms with Gasteiger partial charge in [-0.3, -0.25) is 0 Å². The van der Waals surface area contributed by atoms with E-state index >= 15 is 0 Å². The molecule has 0 spiro atoms. The van der Waals surface area contributed by atoms with Crippen molar-refractivity contribution in [2.75, 3.05) is 5.73 Å². The van der Waals surface area contributed by atoms with Crippen LogP contribution in [0, 0.1) is 0 Å². The Morgan fingerprint density at radius 2 is 1.70 bits per heavy atom. The van der Waals surface area contributed by atoms with E-state index in [1.165, 1.54) is 5.56 Å². The van der Waals surface area contributed by atoms with E-state index in [0.717, 1.165) is 24.4 Å². The molecule has 0 aliphatic heterocycles. The van der Waals surface area contributed by atoms with Crippen molar-refractivity contribution in [3.8, 4) is 0 Å². The lowest BCUT2D eigenvalue weighted by atomic mass is 9.90. The molecule has 3 heteroatoms. The number of hydrogen-bond donors (Lipinski definition) is 1. The van der Waals surface area contributed by atoms with Crippen LogP contribution in [0.25, 0.3) is 0 Å². The predicted molar refractivity (Wildman–Crippen MR) is 81.6 cm³/mol. The molecular weight excluding hydrogens is 246 g/mol. The highest BCUT2D eigenvalue weighted by atomic mass is 15.0. The van der Waals surface area contributed by atoms with E-state index in [1.807, 2.05) is 12.1 Å². The highest BCUT2D eigenvalue weighted by molar-refractivity contribution is 5.43. The van der Waals surface area contributed by atoms with Crippen molar-refractivity contribution in [3.05, 3.63) is 53.5 Å². The fourth-order valence-electron chi connectivity index (χ4n) is 2.59. The number of nitrogens with two attached hydrogens (primary N) is 1. The van der Waals surface area contributed by atoms with E-state index in [-0.39, 0.29) is 10.8 Å². The number of aromatic nitrogens is 2. The maximum atomic E-state index is 6.01. The van der Waals surface area contributed by atoms with E-state index in [1.54, 1.807) is 0 Å². The summed E-state index contributed by atoms with van der Waals surface area (Å²) in [5, 5.41) is 0. The largest absolute Gasteiger partial charge is 0.384 e. The number of nitrogens with zero attached hydrogens (tertiary/aromatic N) is 2. The van der Waals surface area contributed by atoms with E-state index in [9.17, 15) is 0 Å². The summed E-state index contributed by atoms with van der Waals surface area (Å²) < 4.78 is 0. The highest BCUT2D eigenvalue weighted by Gasteiger charge is 2.49. The highest BCUT2D eigenvalue weighted by Crippen LogP contribution is 2.52. The van der Waals surface area contributed by atoms with Crippen LogP contribution in [-0.4, -0.2) is 9.97 Å². The minimum atomic E-state index is -0.0172. The van der Waals surface area contributed by atoms with Gasteiger partial charge in [-0.2, -0.15) is 0 Å². The quantitative estimate of drug-likeness (QED) is 0.906. The molecule has 0 amide bonds. The van der Waals surface area contributed by atoms with Crippen molar-refractivity contribution >= 4 is 5.82 Å². The zero-order valence-electron chi connectivity index (χ0n) is 12.4. The van der Waals surface area contributed by atoms with Crippen LogP contribution in [0.4, 0.5) is 5.82 Å². The molecule has 0 bridgehead atoms. The van der Waals surface area contributed by atoms with Gasteiger partial charge in [-0.05, 0) is 18.4 Å². The third-order valence-electron chi connectivity index (χ3n) is 4.02. The Labute approximate surface area is 120 Å². The Hall–Kier alpha value is -1.90. The molecule has 104 valence electrons. The van der Waals surface area contributed by atoms with Crippen LogP contribution in [0.2, 0.25) is 0 Å². The van der Waals surface area contributed by atoms with Gasteiger partial charge in [0, 0.05) is 11.5 Å². The first-order chi connectivity index (χ1) is 9.42. The molecule has 2 aromatic rings. The summed E-state index contributed by atoms with van der Waals surface area (Å²) >= 11 is 0. The van der Waals surface area contributed by atoms with Gasteiger partial charge in [0.05, 0.1) is 11.1 Å². The SMILES string of the molecule is CC(C)(C)c1cc(N)nc(C2(c3ccccc3)CC2)n1. The van der Waals surface area contributed by atoms with Crippen molar-refractivity contribution in [3.63, 3.8) is 0 Å². The molecule has 1 aliphatic rings. The van der Waals surface area contributed by atoms with Crippen molar-refractivity contribution in [2.24, 2.45) is 0 Å². The Morgan fingerprint density at radius 3 is 2.25 bits per heavy atom. The Morgan fingerprint density at radius 1 is 1.05 bits per heavy atom. The zero-order valence-corrected chi connectivity index (χ0v) is 12.4. The lowest BCUT2D eigenvalue weighted by Crippen LogP contribution is -2.21. The van der Waals surface area contributed by atoms with Crippen LogP contribution >= 0.6 is 0 Å². The van der Waals surface area contributed by atoms with Crippen molar-refractivity contribution in [2.45, 2.75) is 44.4 Å². The van der Waals surface area contributed by atoms with Gasteiger partial charge in [0.25, 0.3) is 0 Å². The van der Waals surface area contributed by atoms with E-state index < -0.39 is 0 Å². The predicted octanol–water partition coefficient (Wildman–Crippen LogP) is 3.44. The summed E-state index contributed by atoms with van der Waals surface area (Å²) in [6.07, 6.45) is 2.20. The topological polar surface area (TPSA) is 51.8 Å². The molecular formula is C17H21N3. The van der Waals surface area contributed by atoms with Crippen LogP contribution in [0.15, 0.2) is 36.4 Å². The molecule has 1 fully saturated rings. The molecule has 20 heavy (non-hydrogen) atoms. The van der Waals surface area contributed by atoms with E-state index in [0.29, 0.717) is 5.82 Å². The lowest BCUT2D eigenvalue weighted by molar-refractivity contribution is 0.557. The van der Waals surface area contributed by atoms with Crippen molar-refractivity contribution in [1.29, 1.82) is 0 Å². The third-order valence-corrected chi connectivity index (χ3v) is 4.02. The normalized spacial score (nSPS) is 16.9. The summed E-state index contributed by atoms with van der Waals surface area (Å²) in [5.74, 6) is 1.45. The molecule has 0 unspecified atom stereocenters. The molecule has 0 saturated heterocycles. The molecule has 1 saturated carbocycles. The maximum absolute atomic E-state index is 6.01. The van der Waals surface area contributed by atoms with Gasteiger partial charge in [0.1, 0.15) is 11.6 Å². The van der Waals surface area contributed by atoms with Crippen molar-refractivity contribution < 1.29 is 0 Å². The standard InChI is InChI=1S/C17H21N3/c1-16(2,3)13-11-14(18)20-15(19-13)17(9-10-17)12-7-5-4-6-8-12/h4-8,11H,9-10H2,1-3H3,(H2,18,19,20). The van der Waals surface area contributed by atoms with Gasteiger partial charge in [0.15, 0.2) is 0 Å². The van der Waals surface area contributed by atoms with Crippen LogP contribution in [0.3, 0.4) is 0 Å². The minimum absolute atomic E-state index is 0.0153. The molecule has 1 heterocycles. The van der Waals surface area contributed by atoms with Crippen LogP contribution in [-0.2, 0) is 10.8 Å². The van der Waals surface area contributed by atoms with Crippen LogP contribution in [0.1, 0.15) is 50.7 Å². The fourth-order valence-corrected chi connectivity index (χ4v) is 2.59. The number of rotatable bonds is 2. The first kappa shape index (κ1) is 13.1. The lowest BCUT2D eigenvalue weighted by Gasteiger charge is -2.21. The molecule has 0 radical (unpaired) electrons. The van der Waals surface area contributed by atoms with Gasteiger partial charge < -0.3 is 5.73 Å². The number of hydrogen-bond acceptors (Lipinski definition) is 3. The molecule has 3 rings (SSSR count). The van der Waals surface area contributed by atoms with E-state index in [4.69, 9.17) is 10.7 Å². The summed E-state index contributed by atoms with van der Waals surface area (Å²) in [6.45, 7) is 6.46. The summed E-state index contributed by atoms with van der Waals surface area (Å²) in [7, 11) is 0. The van der Waals surface area contributed by atoms with Gasteiger partial charge >= 0.3 is 0 Å². The Balaban J connectivity index is 2.09. The smallest absolute Gasteiger partial charge is 0.141 e. The first-order valence-corrected chi connectivity index (χ1v) is 7.13. The minimum Gasteiger partial charge on any atom is -0.384 e. The van der Waals surface area contributed by atoms with Gasteiger partial charge in [-0.25, -0.2) is 9.97 Å². The van der Waals surface area contributed by atoms with Gasteiger partial charge in [-0.15, -0.1) is 0 Å². The van der Waals surface area contributed by atoms with Crippen LogP contribution < -0.4 is 5.73 Å². The Kier molecular flexibility index (Phi) is 2.82. The molecule has 2 N–H and O–H groups in total. The maximum Gasteiger partial charge on any atom is 0.141 e. The molecule has 1 aromatic carbocycles. The van der Waals surface area contributed by atoms with Crippen molar-refractivity contribution in [1.82, 2.24) is 9.97 Å². The summed E-state index contributed by atoms with van der Waals surface area (Å²) in [5.41, 5.74) is 8.29. The molecule has 1 aromatic heterocycles. The summed E-state index contributed by atoms with van der Waals surface area (Å²) in [6, 6.07) is 12.4. The van der Waals surface area contributed by atoms with E-state index in [2.05, 4.69) is 50.0 Å². The molecule has 3 nitrogen and oxygen atoms in total. The van der Waals surface area contributed by atoms with Gasteiger partial charge in [0.2, 0.25) is 0 Å². The first-order valence-electron chi connectivity index (χ1n) is 7.13.